The Kier molecular flexibility index (Phi) is 4.09. The lowest BCUT2D eigenvalue weighted by molar-refractivity contribution is 0.373. The topological polar surface area (TPSA) is 46.8 Å². The minimum Gasteiger partial charge on any atom is -0.504 e. The fourth-order valence-electron chi connectivity index (χ4n) is 3.41. The summed E-state index contributed by atoms with van der Waals surface area (Å²) in [6.45, 7) is 3.08. The third-order valence-corrected chi connectivity index (χ3v) is 4.68. The molecule has 1 N–H and O–H groups in total. The van der Waals surface area contributed by atoms with Crippen LogP contribution in [0.1, 0.15) is 12.5 Å². The number of nitrogens with zero attached hydrogens (tertiary/aromatic N) is 2. The number of rotatable bonds is 4. The largest absolute Gasteiger partial charge is 0.504 e. The first-order valence-corrected chi connectivity index (χ1v) is 8.64. The molecule has 4 rings (SSSR count). The van der Waals surface area contributed by atoms with Gasteiger partial charge in [0.25, 0.3) is 0 Å². The van der Waals surface area contributed by atoms with Gasteiger partial charge in [0.05, 0.1) is 12.8 Å². The summed E-state index contributed by atoms with van der Waals surface area (Å²) in [5, 5.41) is 12.6. The van der Waals surface area contributed by atoms with E-state index in [0.29, 0.717) is 11.3 Å². The number of aromatic nitrogens is 1. The van der Waals surface area contributed by atoms with Crippen molar-refractivity contribution in [2.75, 3.05) is 7.11 Å². The van der Waals surface area contributed by atoms with Crippen molar-refractivity contribution in [3.8, 4) is 11.5 Å². The molecule has 0 aliphatic carbocycles. The molecule has 4 aromatic rings. The van der Waals surface area contributed by atoms with Crippen LogP contribution in [0.5, 0.6) is 11.5 Å². The van der Waals surface area contributed by atoms with Crippen molar-refractivity contribution < 1.29 is 9.84 Å². The first kappa shape index (κ1) is 16.2. The number of aliphatic imine (C=N–C) groups is 1. The second-order valence-corrected chi connectivity index (χ2v) is 6.12. The van der Waals surface area contributed by atoms with E-state index in [1.165, 1.54) is 28.9 Å². The molecule has 0 unspecified atom stereocenters. The molecular weight excluding hydrogens is 324 g/mol. The van der Waals surface area contributed by atoms with Crippen molar-refractivity contribution >= 4 is 33.7 Å². The van der Waals surface area contributed by atoms with E-state index in [9.17, 15) is 5.11 Å². The van der Waals surface area contributed by atoms with Gasteiger partial charge in [-0.1, -0.05) is 24.3 Å². The van der Waals surface area contributed by atoms with Crippen LogP contribution in [0.25, 0.3) is 21.8 Å². The van der Waals surface area contributed by atoms with Gasteiger partial charge in [0.2, 0.25) is 0 Å². The predicted molar refractivity (Wildman–Crippen MR) is 107 cm³/mol. The summed E-state index contributed by atoms with van der Waals surface area (Å²) in [4.78, 5) is 4.55. The zero-order valence-corrected chi connectivity index (χ0v) is 14.8. The van der Waals surface area contributed by atoms with E-state index in [0.717, 1.165) is 12.2 Å². The summed E-state index contributed by atoms with van der Waals surface area (Å²) in [5.41, 5.74) is 3.91. The number of para-hydroxylation sites is 2. The van der Waals surface area contributed by atoms with Crippen LogP contribution < -0.4 is 4.74 Å². The van der Waals surface area contributed by atoms with Crippen LogP contribution in [-0.4, -0.2) is 23.0 Å². The molecule has 0 radical (unpaired) electrons. The Morgan fingerprint density at radius 1 is 1.00 bits per heavy atom. The summed E-state index contributed by atoms with van der Waals surface area (Å²) in [6, 6.07) is 20.0. The van der Waals surface area contributed by atoms with Crippen molar-refractivity contribution in [3.05, 3.63) is 66.2 Å². The van der Waals surface area contributed by atoms with Crippen LogP contribution in [0, 0.1) is 0 Å². The normalized spacial score (nSPS) is 11.6. The fraction of sp³-hybridized carbons (Fsp3) is 0.136. The van der Waals surface area contributed by atoms with Crippen molar-refractivity contribution in [1.82, 2.24) is 4.57 Å². The first-order valence-electron chi connectivity index (χ1n) is 8.64. The van der Waals surface area contributed by atoms with Gasteiger partial charge < -0.3 is 14.4 Å². The van der Waals surface area contributed by atoms with Gasteiger partial charge in [0, 0.05) is 40.1 Å². The number of ether oxygens (including phenoxy) is 1. The quantitative estimate of drug-likeness (QED) is 0.512. The van der Waals surface area contributed by atoms with E-state index in [4.69, 9.17) is 4.74 Å². The van der Waals surface area contributed by atoms with Gasteiger partial charge in [0.15, 0.2) is 11.5 Å². The zero-order valence-electron chi connectivity index (χ0n) is 14.8. The maximum absolute atomic E-state index is 10.2. The molecule has 0 atom stereocenters. The molecule has 0 bridgehead atoms. The van der Waals surface area contributed by atoms with Gasteiger partial charge in [-0.3, -0.25) is 4.99 Å². The molecule has 26 heavy (non-hydrogen) atoms. The number of phenols is 1. The molecule has 4 nitrogen and oxygen atoms in total. The number of aryl methyl sites for hydroxylation is 1. The molecule has 0 aliphatic heterocycles. The van der Waals surface area contributed by atoms with Crippen molar-refractivity contribution in [2.45, 2.75) is 13.5 Å². The Balaban J connectivity index is 1.80. The maximum Gasteiger partial charge on any atom is 0.166 e. The highest BCUT2D eigenvalue weighted by molar-refractivity contribution is 6.09. The standard InChI is InChI=1S/C22H20N2O2/c1-3-24-19-9-5-4-8-17(19)18-13-16(11-12-20(18)24)23-14-15-7-6-10-21(26-2)22(15)25/h4-14,25H,3H2,1-2H3. The monoisotopic (exact) mass is 344 g/mol. The minimum absolute atomic E-state index is 0.0995. The van der Waals surface area contributed by atoms with Gasteiger partial charge >= 0.3 is 0 Å². The molecule has 0 fully saturated rings. The van der Waals surface area contributed by atoms with Crippen molar-refractivity contribution in [1.29, 1.82) is 0 Å². The minimum atomic E-state index is 0.0995. The highest BCUT2D eigenvalue weighted by Crippen LogP contribution is 2.32. The number of hydrogen-bond donors (Lipinski definition) is 1. The van der Waals surface area contributed by atoms with Crippen molar-refractivity contribution in [2.24, 2.45) is 4.99 Å². The van der Waals surface area contributed by atoms with Crippen LogP contribution in [0.2, 0.25) is 0 Å². The Bertz CT molecular complexity index is 1130. The van der Waals surface area contributed by atoms with Crippen LogP contribution in [0.4, 0.5) is 5.69 Å². The molecule has 0 amide bonds. The molecule has 3 aromatic carbocycles. The SMILES string of the molecule is CCn1c2ccccc2c2cc(N=Cc3cccc(OC)c3O)ccc21. The van der Waals surface area contributed by atoms with E-state index >= 15 is 0 Å². The molecule has 0 saturated carbocycles. The average Bonchev–Trinajstić information content (AvgIpc) is 3.00. The number of aromatic hydroxyl groups is 1. The van der Waals surface area contributed by atoms with E-state index in [1.807, 2.05) is 18.2 Å². The number of fused-ring (bicyclic) bond motifs is 3. The lowest BCUT2D eigenvalue weighted by Crippen LogP contribution is -1.92. The Morgan fingerprint density at radius 2 is 1.81 bits per heavy atom. The van der Waals surface area contributed by atoms with E-state index < -0.39 is 0 Å². The third-order valence-electron chi connectivity index (χ3n) is 4.68. The highest BCUT2D eigenvalue weighted by atomic mass is 16.5. The predicted octanol–water partition coefficient (Wildman–Crippen LogP) is 5.28. The van der Waals surface area contributed by atoms with E-state index in [2.05, 4.69) is 52.9 Å². The van der Waals surface area contributed by atoms with Gasteiger partial charge in [-0.15, -0.1) is 0 Å². The lowest BCUT2D eigenvalue weighted by Gasteiger charge is -2.05. The summed E-state index contributed by atoms with van der Waals surface area (Å²) in [5.74, 6) is 0.540. The Hall–Kier alpha value is -3.27. The summed E-state index contributed by atoms with van der Waals surface area (Å²) in [7, 11) is 1.54. The van der Waals surface area contributed by atoms with Gasteiger partial charge in [-0.05, 0) is 43.3 Å². The fourth-order valence-corrected chi connectivity index (χ4v) is 3.41. The van der Waals surface area contributed by atoms with E-state index in [1.54, 1.807) is 12.3 Å². The van der Waals surface area contributed by atoms with E-state index in [-0.39, 0.29) is 5.75 Å². The molecule has 1 heterocycles. The molecular formula is C22H20N2O2. The third kappa shape index (κ3) is 2.60. The highest BCUT2D eigenvalue weighted by Gasteiger charge is 2.09. The van der Waals surface area contributed by atoms with Crippen LogP contribution in [-0.2, 0) is 6.54 Å². The maximum atomic E-state index is 10.2. The van der Waals surface area contributed by atoms with Crippen molar-refractivity contribution in [3.63, 3.8) is 0 Å². The van der Waals surface area contributed by atoms with Crippen LogP contribution in [0.3, 0.4) is 0 Å². The first-order chi connectivity index (χ1) is 12.7. The molecule has 130 valence electrons. The molecule has 0 saturated heterocycles. The van der Waals surface area contributed by atoms with Gasteiger partial charge in [-0.2, -0.15) is 0 Å². The van der Waals surface area contributed by atoms with Gasteiger partial charge in [0.1, 0.15) is 0 Å². The summed E-state index contributed by atoms with van der Waals surface area (Å²) in [6.07, 6.45) is 1.66. The van der Waals surface area contributed by atoms with Crippen LogP contribution in [0.15, 0.2) is 65.7 Å². The Morgan fingerprint density at radius 3 is 2.62 bits per heavy atom. The number of phenolic OH excluding ortho intramolecular Hbond substituents is 1. The lowest BCUT2D eigenvalue weighted by atomic mass is 10.1. The molecule has 4 heteroatoms. The molecule has 0 spiro atoms. The summed E-state index contributed by atoms with van der Waals surface area (Å²) >= 11 is 0. The van der Waals surface area contributed by atoms with Crippen LogP contribution >= 0.6 is 0 Å². The molecule has 0 aliphatic rings. The zero-order chi connectivity index (χ0) is 18.1. The smallest absolute Gasteiger partial charge is 0.166 e. The number of hydrogen-bond acceptors (Lipinski definition) is 3. The second kappa shape index (κ2) is 6.56. The second-order valence-electron chi connectivity index (χ2n) is 6.12. The molecule has 1 aromatic heterocycles. The summed E-state index contributed by atoms with van der Waals surface area (Å²) < 4.78 is 7.46. The average molecular weight is 344 g/mol. The Labute approximate surface area is 152 Å². The number of methoxy groups -OCH3 is 1. The van der Waals surface area contributed by atoms with Gasteiger partial charge in [-0.25, -0.2) is 0 Å². The number of benzene rings is 3.